The van der Waals surface area contributed by atoms with E-state index in [1.807, 2.05) is 25.1 Å². The van der Waals surface area contributed by atoms with Gasteiger partial charge in [0.15, 0.2) is 0 Å². The molecule has 0 saturated carbocycles. The fraction of sp³-hybridized carbons (Fsp3) is 0.222. The third kappa shape index (κ3) is 5.46. The number of nitrogens with zero attached hydrogens (tertiary/aromatic N) is 1. The lowest BCUT2D eigenvalue weighted by atomic mass is 10.1. The number of anilines is 1. The molecule has 0 aliphatic carbocycles. The number of rotatable bonds is 7. The summed E-state index contributed by atoms with van der Waals surface area (Å²) in [6.07, 6.45) is 2.74. The first-order chi connectivity index (χ1) is 12.7. The maximum Gasteiger partial charge on any atom is 0.264 e. The second kappa shape index (κ2) is 9.23. The number of carbonyl (C=O) groups excluding carboxylic acids is 1. The molecular formula is C18H21Cl2N5OS. The first-order valence-electron chi connectivity index (χ1n) is 8.00. The van der Waals surface area contributed by atoms with Crippen LogP contribution in [0.15, 0.2) is 30.3 Å². The minimum Gasteiger partial charge on any atom is -0.398 e. The van der Waals surface area contributed by atoms with Gasteiger partial charge in [-0.15, -0.1) is 11.3 Å². The summed E-state index contributed by atoms with van der Waals surface area (Å²) >= 11 is 13.4. The highest BCUT2D eigenvalue weighted by Crippen LogP contribution is 2.28. The number of hydrogen-bond acceptors (Lipinski definition) is 6. The standard InChI is InChI=1S/C18H21Cl2N5OS/c1-25(2)16(7-10-3-4-11(19)8-12(10)20)24-18(26)17-14(23)9-15(27-17)13(22)5-6-21/h3-6,8-9,16,21H,7,22-23H2,1-2H3,(H,24,26)/b13-5-,21-6?/t16-/m1/s1. The molecule has 0 unspecified atom stereocenters. The van der Waals surface area contributed by atoms with Crippen molar-refractivity contribution < 1.29 is 4.79 Å². The smallest absolute Gasteiger partial charge is 0.264 e. The Morgan fingerprint density at radius 3 is 2.67 bits per heavy atom. The summed E-state index contributed by atoms with van der Waals surface area (Å²) in [7, 11) is 3.73. The van der Waals surface area contributed by atoms with E-state index < -0.39 is 0 Å². The number of amides is 1. The molecule has 6 nitrogen and oxygen atoms in total. The predicted molar refractivity (Wildman–Crippen MR) is 115 cm³/mol. The van der Waals surface area contributed by atoms with Gasteiger partial charge in [-0.1, -0.05) is 29.3 Å². The second-order valence-electron chi connectivity index (χ2n) is 6.08. The van der Waals surface area contributed by atoms with Gasteiger partial charge in [-0.25, -0.2) is 0 Å². The van der Waals surface area contributed by atoms with Crippen LogP contribution in [0.1, 0.15) is 20.1 Å². The number of nitrogens with two attached hydrogens (primary N) is 2. The second-order valence-corrected chi connectivity index (χ2v) is 7.97. The van der Waals surface area contributed by atoms with Crippen molar-refractivity contribution in [2.75, 3.05) is 19.8 Å². The molecule has 1 amide bonds. The van der Waals surface area contributed by atoms with E-state index in [2.05, 4.69) is 5.32 Å². The van der Waals surface area contributed by atoms with Crippen LogP contribution in [0.4, 0.5) is 5.69 Å². The number of nitrogen functional groups attached to an aromatic ring is 1. The van der Waals surface area contributed by atoms with Crippen molar-refractivity contribution in [1.82, 2.24) is 10.2 Å². The zero-order valence-electron chi connectivity index (χ0n) is 14.9. The molecule has 27 heavy (non-hydrogen) atoms. The van der Waals surface area contributed by atoms with Crippen molar-refractivity contribution >= 4 is 58.0 Å². The first-order valence-corrected chi connectivity index (χ1v) is 9.57. The van der Waals surface area contributed by atoms with Gasteiger partial charge in [-0.2, -0.15) is 0 Å². The minimum absolute atomic E-state index is 0.296. The molecule has 9 heteroatoms. The molecule has 0 spiro atoms. The van der Waals surface area contributed by atoms with E-state index in [9.17, 15) is 4.79 Å². The molecule has 0 radical (unpaired) electrons. The van der Waals surface area contributed by atoms with Crippen LogP contribution in [0, 0.1) is 5.41 Å². The van der Waals surface area contributed by atoms with Crippen LogP contribution in [0.5, 0.6) is 0 Å². The Balaban J connectivity index is 2.20. The van der Waals surface area contributed by atoms with Gasteiger partial charge in [0.1, 0.15) is 4.88 Å². The first kappa shape index (κ1) is 21.2. The number of hydrogen-bond donors (Lipinski definition) is 4. The summed E-state index contributed by atoms with van der Waals surface area (Å²) in [4.78, 5) is 15.6. The van der Waals surface area contributed by atoms with Crippen molar-refractivity contribution in [3.8, 4) is 0 Å². The zero-order valence-corrected chi connectivity index (χ0v) is 17.3. The van der Waals surface area contributed by atoms with Crippen molar-refractivity contribution in [2.45, 2.75) is 12.6 Å². The monoisotopic (exact) mass is 425 g/mol. The zero-order chi connectivity index (χ0) is 20.1. The largest absolute Gasteiger partial charge is 0.398 e. The minimum atomic E-state index is -0.296. The van der Waals surface area contributed by atoms with Gasteiger partial charge in [0.25, 0.3) is 5.91 Å². The van der Waals surface area contributed by atoms with Crippen molar-refractivity contribution in [1.29, 1.82) is 5.41 Å². The van der Waals surface area contributed by atoms with E-state index in [1.165, 1.54) is 17.4 Å². The fourth-order valence-corrected chi connectivity index (χ4v) is 3.78. The van der Waals surface area contributed by atoms with Gasteiger partial charge in [-0.3, -0.25) is 9.69 Å². The third-order valence-corrected chi connectivity index (χ3v) is 5.65. The summed E-state index contributed by atoms with van der Waals surface area (Å²) < 4.78 is 0. The Bertz CT molecular complexity index is 879. The Morgan fingerprint density at radius 1 is 1.37 bits per heavy atom. The molecule has 2 aromatic rings. The Morgan fingerprint density at radius 2 is 2.07 bits per heavy atom. The van der Waals surface area contributed by atoms with E-state index in [4.69, 9.17) is 40.1 Å². The molecule has 1 aromatic heterocycles. The number of allylic oxidation sites excluding steroid dienone is 1. The average Bonchev–Trinajstić information content (AvgIpc) is 2.98. The molecule has 0 bridgehead atoms. The molecule has 0 fully saturated rings. The molecule has 6 N–H and O–H groups in total. The molecule has 1 heterocycles. The normalized spacial score (nSPS) is 12.9. The summed E-state index contributed by atoms with van der Waals surface area (Å²) in [5.74, 6) is -0.296. The number of thiophene rings is 1. The number of nitrogens with one attached hydrogen (secondary N) is 2. The van der Waals surface area contributed by atoms with Gasteiger partial charge in [0, 0.05) is 22.7 Å². The topological polar surface area (TPSA) is 108 Å². The van der Waals surface area contributed by atoms with Crippen LogP contribution >= 0.6 is 34.5 Å². The SMILES string of the molecule is CN(C)[C@H](Cc1ccc(Cl)cc1Cl)NC(=O)c1sc(/C(N)=C/C=N)cc1N. The van der Waals surface area contributed by atoms with Gasteiger partial charge >= 0.3 is 0 Å². The lowest BCUT2D eigenvalue weighted by Gasteiger charge is -2.26. The van der Waals surface area contributed by atoms with Crippen LogP contribution in [0.3, 0.4) is 0 Å². The lowest BCUT2D eigenvalue weighted by molar-refractivity contribution is 0.0895. The molecular weight excluding hydrogens is 405 g/mol. The molecule has 0 saturated heterocycles. The summed E-state index contributed by atoms with van der Waals surface area (Å²) in [6, 6.07) is 6.91. The lowest BCUT2D eigenvalue weighted by Crippen LogP contribution is -2.46. The van der Waals surface area contributed by atoms with Gasteiger partial charge < -0.3 is 22.2 Å². The highest BCUT2D eigenvalue weighted by molar-refractivity contribution is 7.15. The molecule has 2 rings (SSSR count). The van der Waals surface area contributed by atoms with Gasteiger partial charge in [-0.05, 0) is 43.9 Å². The van der Waals surface area contributed by atoms with Crippen LogP contribution in [0.25, 0.3) is 5.70 Å². The highest BCUT2D eigenvalue weighted by Gasteiger charge is 2.21. The van der Waals surface area contributed by atoms with E-state index in [-0.39, 0.29) is 12.1 Å². The van der Waals surface area contributed by atoms with E-state index in [0.29, 0.717) is 37.6 Å². The third-order valence-electron chi connectivity index (χ3n) is 3.86. The number of benzene rings is 1. The predicted octanol–water partition coefficient (Wildman–Crippen LogP) is 3.45. The maximum absolute atomic E-state index is 12.7. The molecule has 0 aliphatic rings. The Kier molecular flexibility index (Phi) is 7.26. The van der Waals surface area contributed by atoms with E-state index in [0.717, 1.165) is 11.8 Å². The van der Waals surface area contributed by atoms with Gasteiger partial charge in [0.2, 0.25) is 0 Å². The van der Waals surface area contributed by atoms with Gasteiger partial charge in [0.05, 0.1) is 22.4 Å². The molecule has 1 aromatic carbocycles. The van der Waals surface area contributed by atoms with Crippen molar-refractivity contribution in [3.05, 3.63) is 55.7 Å². The number of likely N-dealkylation sites (N-methyl/N-ethyl adjacent to an activating group) is 1. The quantitative estimate of drug-likeness (QED) is 0.402. The summed E-state index contributed by atoms with van der Waals surface area (Å²) in [5.41, 5.74) is 13.5. The summed E-state index contributed by atoms with van der Waals surface area (Å²) in [5, 5.41) is 11.2. The number of carbonyl (C=O) groups is 1. The highest BCUT2D eigenvalue weighted by atomic mass is 35.5. The average molecular weight is 426 g/mol. The fourth-order valence-electron chi connectivity index (χ4n) is 2.37. The van der Waals surface area contributed by atoms with E-state index in [1.54, 1.807) is 18.2 Å². The van der Waals surface area contributed by atoms with Crippen LogP contribution in [-0.4, -0.2) is 37.3 Å². The molecule has 0 aliphatic heterocycles. The number of halogens is 2. The maximum atomic E-state index is 12.7. The van der Waals surface area contributed by atoms with E-state index >= 15 is 0 Å². The molecule has 144 valence electrons. The Labute approximate surface area is 172 Å². The molecule has 1 atom stereocenters. The van der Waals surface area contributed by atoms with Crippen LogP contribution < -0.4 is 16.8 Å². The van der Waals surface area contributed by atoms with Crippen molar-refractivity contribution in [2.24, 2.45) is 5.73 Å². The van der Waals surface area contributed by atoms with Crippen LogP contribution in [-0.2, 0) is 6.42 Å². The van der Waals surface area contributed by atoms with Crippen molar-refractivity contribution in [3.63, 3.8) is 0 Å². The van der Waals surface area contributed by atoms with Crippen LogP contribution in [0.2, 0.25) is 10.0 Å². The Hall–Kier alpha value is -2.06. The summed E-state index contributed by atoms with van der Waals surface area (Å²) in [6.45, 7) is 0.